The molecule has 1 atom stereocenters. The van der Waals surface area contributed by atoms with Crippen LogP contribution in [0.4, 0.5) is 0 Å². The smallest absolute Gasteiger partial charge is 0.101 e. The van der Waals surface area contributed by atoms with Gasteiger partial charge in [-0.1, -0.05) is 0 Å². The molecule has 1 unspecified atom stereocenters. The van der Waals surface area contributed by atoms with Crippen LogP contribution in [0.15, 0.2) is 29.1 Å². The summed E-state index contributed by atoms with van der Waals surface area (Å²) in [5, 5.41) is 14.0. The maximum absolute atomic E-state index is 9.91. The van der Waals surface area contributed by atoms with Crippen molar-refractivity contribution in [2.45, 2.75) is 25.9 Å². The maximum atomic E-state index is 9.91. The molecule has 0 amide bonds. The fraction of sp³-hybridized carbons (Fsp3) is 0.417. The molecule has 2 heterocycles. The van der Waals surface area contributed by atoms with Crippen LogP contribution in [0, 0.1) is 6.92 Å². The quantitative estimate of drug-likeness (QED) is 0.857. The standard InChI is InChI=1S/C12H16N2O2/c1-9-5-11(8-16-9)12(15)4-3-10-6-13-14(2)7-10/h5-8,12,15H,3-4H2,1-2H3. The lowest BCUT2D eigenvalue weighted by Crippen LogP contribution is -1.97. The first-order valence-corrected chi connectivity index (χ1v) is 5.36. The third kappa shape index (κ3) is 2.52. The van der Waals surface area contributed by atoms with Gasteiger partial charge >= 0.3 is 0 Å². The predicted octanol–water partition coefficient (Wildman–Crippen LogP) is 1.99. The van der Waals surface area contributed by atoms with Gasteiger partial charge in [0, 0.05) is 18.8 Å². The highest BCUT2D eigenvalue weighted by Crippen LogP contribution is 2.20. The molecule has 2 aromatic rings. The van der Waals surface area contributed by atoms with Crippen LogP contribution in [0.25, 0.3) is 0 Å². The van der Waals surface area contributed by atoms with Crippen molar-refractivity contribution in [2.24, 2.45) is 7.05 Å². The van der Waals surface area contributed by atoms with Gasteiger partial charge in [-0.3, -0.25) is 4.68 Å². The van der Waals surface area contributed by atoms with Gasteiger partial charge in [0.2, 0.25) is 0 Å². The van der Waals surface area contributed by atoms with Crippen molar-refractivity contribution in [2.75, 3.05) is 0 Å². The molecule has 0 aliphatic heterocycles. The number of aliphatic hydroxyl groups excluding tert-OH is 1. The average molecular weight is 220 g/mol. The fourth-order valence-corrected chi connectivity index (χ4v) is 1.71. The number of hydrogen-bond donors (Lipinski definition) is 1. The average Bonchev–Trinajstić information content (AvgIpc) is 2.84. The van der Waals surface area contributed by atoms with Gasteiger partial charge in [0.15, 0.2) is 0 Å². The third-order valence-electron chi connectivity index (χ3n) is 2.60. The van der Waals surface area contributed by atoms with E-state index in [1.54, 1.807) is 10.9 Å². The van der Waals surface area contributed by atoms with Crippen LogP contribution < -0.4 is 0 Å². The van der Waals surface area contributed by atoms with Crippen molar-refractivity contribution in [3.63, 3.8) is 0 Å². The van der Waals surface area contributed by atoms with Gasteiger partial charge in [0.05, 0.1) is 18.6 Å². The zero-order valence-corrected chi connectivity index (χ0v) is 9.55. The van der Waals surface area contributed by atoms with E-state index >= 15 is 0 Å². The number of aromatic nitrogens is 2. The molecule has 4 heteroatoms. The second-order valence-corrected chi connectivity index (χ2v) is 4.07. The van der Waals surface area contributed by atoms with Crippen LogP contribution in [0.1, 0.15) is 29.4 Å². The van der Waals surface area contributed by atoms with E-state index in [1.165, 1.54) is 0 Å². The Hall–Kier alpha value is -1.55. The molecule has 2 rings (SSSR count). The van der Waals surface area contributed by atoms with E-state index < -0.39 is 6.10 Å². The molecule has 16 heavy (non-hydrogen) atoms. The fourth-order valence-electron chi connectivity index (χ4n) is 1.71. The van der Waals surface area contributed by atoms with E-state index in [9.17, 15) is 5.11 Å². The van der Waals surface area contributed by atoms with Crippen molar-refractivity contribution in [3.05, 3.63) is 41.6 Å². The van der Waals surface area contributed by atoms with E-state index in [0.717, 1.165) is 23.3 Å². The highest BCUT2D eigenvalue weighted by atomic mass is 16.3. The summed E-state index contributed by atoms with van der Waals surface area (Å²) in [7, 11) is 1.89. The molecule has 0 aliphatic rings. The summed E-state index contributed by atoms with van der Waals surface area (Å²) in [6.45, 7) is 1.87. The monoisotopic (exact) mass is 220 g/mol. The molecule has 0 aliphatic carbocycles. The third-order valence-corrected chi connectivity index (χ3v) is 2.60. The van der Waals surface area contributed by atoms with Crippen molar-refractivity contribution < 1.29 is 9.52 Å². The molecule has 4 nitrogen and oxygen atoms in total. The Labute approximate surface area is 94.5 Å². The van der Waals surface area contributed by atoms with Crippen LogP contribution in [-0.4, -0.2) is 14.9 Å². The molecule has 2 aromatic heterocycles. The van der Waals surface area contributed by atoms with Gasteiger partial charge < -0.3 is 9.52 Å². The summed E-state index contributed by atoms with van der Waals surface area (Å²) < 4.78 is 6.93. The first kappa shape index (κ1) is 11.0. The Kier molecular flexibility index (Phi) is 3.10. The van der Waals surface area contributed by atoms with E-state index in [4.69, 9.17) is 4.42 Å². The number of hydrogen-bond acceptors (Lipinski definition) is 3. The summed E-state index contributed by atoms with van der Waals surface area (Å²) in [5.41, 5.74) is 1.99. The second kappa shape index (κ2) is 4.53. The van der Waals surface area contributed by atoms with Crippen molar-refractivity contribution in [1.29, 1.82) is 0 Å². The molecular weight excluding hydrogens is 204 g/mol. The van der Waals surface area contributed by atoms with E-state index in [2.05, 4.69) is 5.10 Å². The Bertz CT molecular complexity index is 459. The highest BCUT2D eigenvalue weighted by molar-refractivity contribution is 5.15. The van der Waals surface area contributed by atoms with Gasteiger partial charge in [-0.15, -0.1) is 0 Å². The minimum atomic E-state index is -0.461. The van der Waals surface area contributed by atoms with Gasteiger partial charge in [0.1, 0.15) is 5.76 Å². The van der Waals surface area contributed by atoms with Gasteiger partial charge in [-0.25, -0.2) is 0 Å². The Morgan fingerprint density at radius 1 is 1.56 bits per heavy atom. The van der Waals surface area contributed by atoms with Crippen LogP contribution in [0.2, 0.25) is 0 Å². The lowest BCUT2D eigenvalue weighted by molar-refractivity contribution is 0.167. The number of aliphatic hydroxyl groups is 1. The Morgan fingerprint density at radius 3 is 2.94 bits per heavy atom. The van der Waals surface area contributed by atoms with Crippen molar-refractivity contribution in [3.8, 4) is 0 Å². The van der Waals surface area contributed by atoms with Crippen LogP contribution in [0.3, 0.4) is 0 Å². The zero-order valence-electron chi connectivity index (χ0n) is 9.55. The normalized spacial score (nSPS) is 12.9. The number of furan rings is 1. The summed E-state index contributed by atoms with van der Waals surface area (Å²) in [6.07, 6.45) is 6.45. The summed E-state index contributed by atoms with van der Waals surface area (Å²) in [6, 6.07) is 1.87. The van der Waals surface area contributed by atoms with E-state index in [-0.39, 0.29) is 0 Å². The summed E-state index contributed by atoms with van der Waals surface area (Å²) in [5.74, 6) is 0.829. The van der Waals surface area contributed by atoms with Crippen LogP contribution >= 0.6 is 0 Å². The van der Waals surface area contributed by atoms with Crippen LogP contribution in [-0.2, 0) is 13.5 Å². The Morgan fingerprint density at radius 2 is 2.38 bits per heavy atom. The second-order valence-electron chi connectivity index (χ2n) is 4.07. The first-order valence-electron chi connectivity index (χ1n) is 5.36. The zero-order chi connectivity index (χ0) is 11.5. The van der Waals surface area contributed by atoms with Crippen molar-refractivity contribution in [1.82, 2.24) is 9.78 Å². The molecule has 0 saturated heterocycles. The predicted molar refractivity (Wildman–Crippen MR) is 59.9 cm³/mol. The minimum absolute atomic E-state index is 0.461. The highest BCUT2D eigenvalue weighted by Gasteiger charge is 2.10. The van der Waals surface area contributed by atoms with E-state index in [0.29, 0.717) is 6.42 Å². The topological polar surface area (TPSA) is 51.2 Å². The molecule has 0 spiro atoms. The molecule has 0 aromatic carbocycles. The van der Waals surface area contributed by atoms with Gasteiger partial charge in [0.25, 0.3) is 0 Å². The minimum Gasteiger partial charge on any atom is -0.469 e. The lowest BCUT2D eigenvalue weighted by Gasteiger charge is -2.06. The molecule has 0 fully saturated rings. The SMILES string of the molecule is Cc1cc(C(O)CCc2cnn(C)c2)co1. The molecular formula is C12H16N2O2. The number of aryl methyl sites for hydroxylation is 3. The summed E-state index contributed by atoms with van der Waals surface area (Å²) in [4.78, 5) is 0. The number of nitrogens with zero attached hydrogens (tertiary/aromatic N) is 2. The molecule has 0 bridgehead atoms. The van der Waals surface area contributed by atoms with Crippen LogP contribution in [0.5, 0.6) is 0 Å². The van der Waals surface area contributed by atoms with Gasteiger partial charge in [-0.05, 0) is 31.4 Å². The summed E-state index contributed by atoms with van der Waals surface area (Å²) >= 11 is 0. The molecule has 86 valence electrons. The molecule has 0 saturated carbocycles. The Balaban J connectivity index is 1.91. The first-order chi connectivity index (χ1) is 7.65. The molecule has 1 N–H and O–H groups in total. The largest absolute Gasteiger partial charge is 0.469 e. The van der Waals surface area contributed by atoms with Gasteiger partial charge in [-0.2, -0.15) is 5.10 Å². The maximum Gasteiger partial charge on any atom is 0.101 e. The van der Waals surface area contributed by atoms with Crippen molar-refractivity contribution >= 4 is 0 Å². The number of rotatable bonds is 4. The van der Waals surface area contributed by atoms with E-state index in [1.807, 2.05) is 32.4 Å². The lowest BCUT2D eigenvalue weighted by atomic mass is 10.1. The molecule has 0 radical (unpaired) electrons.